The Labute approximate surface area is 161 Å². The van der Waals surface area contributed by atoms with Crippen molar-refractivity contribution in [1.82, 2.24) is 9.55 Å². The van der Waals surface area contributed by atoms with E-state index in [9.17, 15) is 18.0 Å². The van der Waals surface area contributed by atoms with Crippen LogP contribution in [0.2, 0.25) is 0 Å². The van der Waals surface area contributed by atoms with Gasteiger partial charge in [0.1, 0.15) is 16.5 Å². The number of alkyl halides is 2. The molecule has 1 amide bonds. The topological polar surface area (TPSA) is 85.3 Å². The van der Waals surface area contributed by atoms with Crippen molar-refractivity contribution in [3.63, 3.8) is 0 Å². The maximum atomic E-state index is 14.4. The molecule has 2 heterocycles. The molecule has 0 fully saturated rings. The van der Waals surface area contributed by atoms with Crippen LogP contribution in [0, 0.1) is 11.7 Å². The first-order valence-corrected chi connectivity index (χ1v) is 8.88. The van der Waals surface area contributed by atoms with E-state index in [-0.39, 0.29) is 22.9 Å². The zero-order chi connectivity index (χ0) is 19.9. The van der Waals surface area contributed by atoms with Crippen LogP contribution in [0.1, 0.15) is 35.6 Å². The van der Waals surface area contributed by atoms with Gasteiger partial charge in [-0.1, -0.05) is 6.92 Å². The molecule has 2 unspecified atom stereocenters. The number of carbonyl (C=O) groups is 1. The number of aryl methyl sites for hydroxylation is 1. The molecule has 0 radical (unpaired) electrons. The smallest absolute Gasteiger partial charge is 0.291 e. The van der Waals surface area contributed by atoms with Gasteiger partial charge in [-0.05, 0) is 34.1 Å². The molecule has 0 bridgehead atoms. The molecule has 1 aliphatic rings. The number of imidazole rings is 1. The van der Waals surface area contributed by atoms with Crippen molar-refractivity contribution < 1.29 is 18.0 Å². The van der Waals surface area contributed by atoms with Crippen molar-refractivity contribution in [2.24, 2.45) is 23.7 Å². The molecule has 144 valence electrons. The van der Waals surface area contributed by atoms with Crippen LogP contribution in [0.4, 0.5) is 18.9 Å². The largest absolute Gasteiger partial charge is 0.387 e. The highest BCUT2D eigenvalue weighted by Crippen LogP contribution is 2.44. The summed E-state index contributed by atoms with van der Waals surface area (Å²) in [5.41, 5.74) is 5.53. The maximum absolute atomic E-state index is 14.4. The Morgan fingerprint density at radius 2 is 2.15 bits per heavy atom. The minimum absolute atomic E-state index is 0.0534. The van der Waals surface area contributed by atoms with E-state index in [2.05, 4.69) is 31.2 Å². The number of nitrogens with zero attached hydrogens (tertiary/aromatic N) is 3. The Balaban J connectivity index is 1.93. The number of aromatic nitrogens is 2. The fourth-order valence-corrected chi connectivity index (χ4v) is 3.43. The zero-order valence-electron chi connectivity index (χ0n) is 14.5. The van der Waals surface area contributed by atoms with Crippen LogP contribution < -0.4 is 11.1 Å². The van der Waals surface area contributed by atoms with Gasteiger partial charge in [0, 0.05) is 36.8 Å². The minimum atomic E-state index is -3.25. The second kappa shape index (κ2) is 6.99. The molecule has 2 aromatic rings. The highest BCUT2D eigenvalue weighted by atomic mass is 79.9. The summed E-state index contributed by atoms with van der Waals surface area (Å²) in [6, 6.07) is 1.70. The Kier molecular flexibility index (Phi) is 5.02. The fraction of sp³-hybridized carbons (Fsp3) is 0.353. The highest BCUT2D eigenvalue weighted by molar-refractivity contribution is 9.10. The quantitative estimate of drug-likeness (QED) is 0.758. The van der Waals surface area contributed by atoms with Crippen LogP contribution in [0.3, 0.4) is 0 Å². The lowest BCUT2D eigenvalue weighted by Gasteiger charge is -2.32. The van der Waals surface area contributed by atoms with Crippen molar-refractivity contribution in [2.45, 2.75) is 25.3 Å². The van der Waals surface area contributed by atoms with E-state index in [1.165, 1.54) is 10.6 Å². The second-order valence-electron chi connectivity index (χ2n) is 6.51. The van der Waals surface area contributed by atoms with Gasteiger partial charge in [-0.15, -0.1) is 0 Å². The molecule has 3 N–H and O–H groups in total. The molecule has 2 atom stereocenters. The predicted octanol–water partition coefficient (Wildman–Crippen LogP) is 3.65. The van der Waals surface area contributed by atoms with E-state index in [1.54, 1.807) is 20.2 Å². The van der Waals surface area contributed by atoms with Crippen molar-refractivity contribution in [3.8, 4) is 0 Å². The molecule has 0 saturated carbocycles. The van der Waals surface area contributed by atoms with Gasteiger partial charge in [-0.2, -0.15) is 0 Å². The van der Waals surface area contributed by atoms with Crippen LogP contribution in [-0.4, -0.2) is 27.2 Å². The normalized spacial score (nSPS) is 21.6. The van der Waals surface area contributed by atoms with Crippen molar-refractivity contribution in [1.29, 1.82) is 0 Å². The molecular formula is C17H17BrF3N5O. The fourth-order valence-electron chi connectivity index (χ4n) is 2.95. The van der Waals surface area contributed by atoms with Gasteiger partial charge in [0.15, 0.2) is 5.82 Å². The van der Waals surface area contributed by atoms with Crippen molar-refractivity contribution >= 4 is 33.4 Å². The molecule has 0 spiro atoms. The summed E-state index contributed by atoms with van der Waals surface area (Å²) in [4.78, 5) is 20.2. The molecule has 10 heteroatoms. The Bertz CT molecular complexity index is 927. The van der Waals surface area contributed by atoms with Gasteiger partial charge in [0.25, 0.3) is 11.8 Å². The van der Waals surface area contributed by atoms with Crippen LogP contribution in [-0.2, 0) is 7.05 Å². The monoisotopic (exact) mass is 443 g/mol. The Hall–Kier alpha value is -2.36. The molecule has 3 rings (SSSR count). The first kappa shape index (κ1) is 19.4. The minimum Gasteiger partial charge on any atom is -0.387 e. The van der Waals surface area contributed by atoms with E-state index < -0.39 is 36.0 Å². The third-order valence-electron chi connectivity index (χ3n) is 4.36. The first-order chi connectivity index (χ1) is 12.6. The molecule has 1 aromatic heterocycles. The van der Waals surface area contributed by atoms with E-state index in [1.807, 2.05) is 0 Å². The molecule has 1 aromatic carbocycles. The van der Waals surface area contributed by atoms with Crippen molar-refractivity contribution in [2.75, 3.05) is 5.32 Å². The lowest BCUT2D eigenvalue weighted by Crippen LogP contribution is -2.39. The van der Waals surface area contributed by atoms with E-state index in [4.69, 9.17) is 5.73 Å². The number of halogens is 4. The summed E-state index contributed by atoms with van der Waals surface area (Å²) in [7, 11) is 1.63. The Morgan fingerprint density at radius 1 is 1.44 bits per heavy atom. The molecule has 0 aliphatic carbocycles. The maximum Gasteiger partial charge on any atom is 0.291 e. The lowest BCUT2D eigenvalue weighted by atomic mass is 9.89. The summed E-state index contributed by atoms with van der Waals surface area (Å²) < 4.78 is 45.1. The van der Waals surface area contributed by atoms with Gasteiger partial charge < -0.3 is 15.6 Å². The van der Waals surface area contributed by atoms with E-state index in [0.29, 0.717) is 4.60 Å². The first-order valence-electron chi connectivity index (χ1n) is 8.09. The van der Waals surface area contributed by atoms with E-state index >= 15 is 0 Å². The number of carbonyl (C=O) groups excluding carboxylic acids is 1. The number of amidine groups is 1. The lowest BCUT2D eigenvalue weighted by molar-refractivity contribution is -0.0462. The number of rotatable bonds is 3. The number of nitrogens with two attached hydrogens (primary N) is 1. The molecule has 6 nitrogen and oxygen atoms in total. The average molecular weight is 444 g/mol. The third kappa shape index (κ3) is 3.85. The number of aliphatic imine (C=N–C) groups is 1. The average Bonchev–Trinajstić information content (AvgIpc) is 2.91. The van der Waals surface area contributed by atoms with Gasteiger partial charge in [0.2, 0.25) is 0 Å². The van der Waals surface area contributed by atoms with Gasteiger partial charge in [-0.3, -0.25) is 9.79 Å². The predicted molar refractivity (Wildman–Crippen MR) is 98.4 cm³/mol. The van der Waals surface area contributed by atoms with Gasteiger partial charge >= 0.3 is 0 Å². The number of benzene rings is 1. The SMILES string of the molecule is CC1CC(F)(F)C(c2cc(NC(=O)c3nc(Br)cn3C)ccc2F)N=C1N. The van der Waals surface area contributed by atoms with Gasteiger partial charge in [0.05, 0.1) is 5.84 Å². The molecular weight excluding hydrogens is 427 g/mol. The standard InChI is InChI=1S/C17H17BrF3N5O/c1-8-6-17(20,21)13(25-14(8)22)10-5-9(3-4-11(10)19)23-16(27)15-24-12(18)7-26(15)2/h3-5,7-8,13H,6H2,1-2H3,(H2,22,25)(H,23,27). The number of nitrogens with one attached hydrogen (secondary N) is 1. The second-order valence-corrected chi connectivity index (χ2v) is 7.32. The van der Waals surface area contributed by atoms with Crippen LogP contribution in [0.15, 0.2) is 34.0 Å². The van der Waals surface area contributed by atoms with Crippen LogP contribution >= 0.6 is 15.9 Å². The molecule has 0 saturated heterocycles. The number of amides is 1. The third-order valence-corrected chi connectivity index (χ3v) is 4.74. The summed E-state index contributed by atoms with van der Waals surface area (Å²) in [6.45, 7) is 1.54. The highest BCUT2D eigenvalue weighted by Gasteiger charge is 2.46. The summed E-state index contributed by atoms with van der Waals surface area (Å²) in [5, 5.41) is 2.53. The number of hydrogen-bond donors (Lipinski definition) is 2. The van der Waals surface area contributed by atoms with Crippen LogP contribution in [0.5, 0.6) is 0 Å². The zero-order valence-corrected chi connectivity index (χ0v) is 16.1. The Morgan fingerprint density at radius 3 is 2.78 bits per heavy atom. The summed E-state index contributed by atoms with van der Waals surface area (Å²) >= 11 is 3.16. The van der Waals surface area contributed by atoms with Crippen LogP contribution in [0.25, 0.3) is 0 Å². The molecule has 1 aliphatic heterocycles. The molecule has 27 heavy (non-hydrogen) atoms. The van der Waals surface area contributed by atoms with E-state index in [0.717, 1.165) is 12.1 Å². The number of anilines is 1. The van der Waals surface area contributed by atoms with Gasteiger partial charge in [-0.25, -0.2) is 18.2 Å². The summed E-state index contributed by atoms with van der Waals surface area (Å²) in [5.74, 6) is -5.10. The number of hydrogen-bond acceptors (Lipinski definition) is 4. The van der Waals surface area contributed by atoms with Crippen molar-refractivity contribution in [3.05, 3.63) is 46.2 Å². The summed E-state index contributed by atoms with van der Waals surface area (Å²) in [6.07, 6.45) is 1.07.